The van der Waals surface area contributed by atoms with Gasteiger partial charge in [0.1, 0.15) is 5.82 Å². The lowest BCUT2D eigenvalue weighted by molar-refractivity contribution is 0.0342. The lowest BCUT2D eigenvalue weighted by Gasteiger charge is -2.46. The van der Waals surface area contributed by atoms with Crippen LogP contribution in [0, 0.1) is 5.82 Å². The highest BCUT2D eigenvalue weighted by Gasteiger charge is 2.46. The normalized spacial score (nSPS) is 26.1. The van der Waals surface area contributed by atoms with Crippen LogP contribution in [-0.4, -0.2) is 84.8 Å². The maximum absolute atomic E-state index is 13.4. The minimum atomic E-state index is -0.301. The molecule has 0 saturated carbocycles. The largest absolute Gasteiger partial charge is 0.450 e. The SMILES string of the molecule is CCOC(=O)N1C2CCC1CC(N1CCC(N(C(=O)N(C)C)c3ccc(F)cc3)CC1)C2. The molecule has 3 fully saturated rings. The van der Waals surface area contributed by atoms with E-state index in [1.54, 1.807) is 31.1 Å². The third-order valence-corrected chi connectivity index (χ3v) is 7.26. The summed E-state index contributed by atoms with van der Waals surface area (Å²) in [6.45, 7) is 4.12. The zero-order valence-electron chi connectivity index (χ0n) is 19.4. The maximum atomic E-state index is 13.4. The first kappa shape index (κ1) is 22.8. The van der Waals surface area contributed by atoms with Gasteiger partial charge in [-0.25, -0.2) is 14.0 Å². The van der Waals surface area contributed by atoms with E-state index in [-0.39, 0.29) is 36.1 Å². The van der Waals surface area contributed by atoms with E-state index in [1.165, 1.54) is 12.1 Å². The third-order valence-electron chi connectivity index (χ3n) is 7.26. The second-order valence-corrected chi connectivity index (χ2v) is 9.41. The molecule has 3 heterocycles. The summed E-state index contributed by atoms with van der Waals surface area (Å²) in [5, 5.41) is 0. The van der Waals surface area contributed by atoms with Gasteiger partial charge in [-0.1, -0.05) is 0 Å². The molecule has 3 aliphatic rings. The number of ether oxygens (including phenoxy) is 1. The smallest absolute Gasteiger partial charge is 0.410 e. The van der Waals surface area contributed by atoms with Crippen LogP contribution in [0.3, 0.4) is 0 Å². The van der Waals surface area contributed by atoms with Crippen molar-refractivity contribution in [3.63, 3.8) is 0 Å². The second-order valence-electron chi connectivity index (χ2n) is 9.41. The molecule has 1 aromatic rings. The van der Waals surface area contributed by atoms with Crippen molar-refractivity contribution in [3.05, 3.63) is 30.1 Å². The van der Waals surface area contributed by atoms with Crippen molar-refractivity contribution in [2.45, 2.75) is 69.6 Å². The maximum Gasteiger partial charge on any atom is 0.410 e. The summed E-state index contributed by atoms with van der Waals surface area (Å²) in [5.74, 6) is -0.301. The molecule has 8 heteroatoms. The van der Waals surface area contributed by atoms with Crippen LogP contribution in [0.4, 0.5) is 19.7 Å². The van der Waals surface area contributed by atoms with Crippen LogP contribution >= 0.6 is 0 Å². The Balaban J connectivity index is 1.39. The molecule has 0 radical (unpaired) electrons. The Labute approximate surface area is 190 Å². The van der Waals surface area contributed by atoms with Crippen LogP contribution in [0.25, 0.3) is 0 Å². The van der Waals surface area contributed by atoms with Gasteiger partial charge >= 0.3 is 12.1 Å². The Kier molecular flexibility index (Phi) is 6.88. The number of anilines is 1. The standard InChI is InChI=1S/C24H35FN4O3/c1-4-32-24(31)29-20-9-10-21(29)16-22(15-20)27-13-11-19(12-14-27)28(23(30)26(2)3)18-7-5-17(25)6-8-18/h5-8,19-22H,4,9-16H2,1-3H3. The molecule has 32 heavy (non-hydrogen) atoms. The van der Waals surface area contributed by atoms with E-state index in [2.05, 4.69) is 4.90 Å². The average molecular weight is 447 g/mol. The van der Waals surface area contributed by atoms with Gasteiger partial charge in [-0.2, -0.15) is 0 Å². The summed E-state index contributed by atoms with van der Waals surface area (Å²) in [4.78, 5) is 33.3. The molecule has 7 nitrogen and oxygen atoms in total. The molecule has 0 N–H and O–H groups in total. The minimum absolute atomic E-state index is 0.0733. The van der Waals surface area contributed by atoms with E-state index in [0.29, 0.717) is 12.6 Å². The number of hydrogen-bond acceptors (Lipinski definition) is 4. The van der Waals surface area contributed by atoms with E-state index >= 15 is 0 Å². The topological polar surface area (TPSA) is 56.3 Å². The minimum Gasteiger partial charge on any atom is -0.450 e. The summed E-state index contributed by atoms with van der Waals surface area (Å²) < 4.78 is 18.7. The molecular formula is C24H35FN4O3. The number of piperidine rings is 2. The molecule has 176 valence electrons. The number of likely N-dealkylation sites (tertiary alicyclic amines) is 1. The van der Waals surface area contributed by atoms with Crippen molar-refractivity contribution >= 4 is 17.8 Å². The molecule has 2 atom stereocenters. The van der Waals surface area contributed by atoms with Crippen molar-refractivity contribution in [2.24, 2.45) is 0 Å². The quantitative estimate of drug-likeness (QED) is 0.703. The highest BCUT2D eigenvalue weighted by atomic mass is 19.1. The monoisotopic (exact) mass is 446 g/mol. The van der Waals surface area contributed by atoms with E-state index in [0.717, 1.165) is 57.3 Å². The number of nitrogens with zero attached hydrogens (tertiary/aromatic N) is 4. The highest BCUT2D eigenvalue weighted by Crippen LogP contribution is 2.39. The van der Waals surface area contributed by atoms with Gasteiger partial charge in [0.15, 0.2) is 0 Å². The Morgan fingerprint density at radius 3 is 2.12 bits per heavy atom. The summed E-state index contributed by atoms with van der Waals surface area (Å²) in [7, 11) is 3.50. The van der Waals surface area contributed by atoms with Crippen LogP contribution in [0.1, 0.15) is 45.4 Å². The zero-order chi connectivity index (χ0) is 22.8. The number of hydrogen-bond donors (Lipinski definition) is 0. The van der Waals surface area contributed by atoms with Crippen LogP contribution in [-0.2, 0) is 4.74 Å². The Morgan fingerprint density at radius 2 is 1.59 bits per heavy atom. The lowest BCUT2D eigenvalue weighted by Crippen LogP contribution is -2.56. The van der Waals surface area contributed by atoms with Gasteiger partial charge in [0.25, 0.3) is 0 Å². The molecule has 0 aromatic heterocycles. The van der Waals surface area contributed by atoms with Crippen molar-refractivity contribution < 1.29 is 18.7 Å². The molecule has 2 bridgehead atoms. The fourth-order valence-electron chi connectivity index (χ4n) is 5.75. The number of halogens is 1. The van der Waals surface area contributed by atoms with Gasteiger partial charge in [0, 0.05) is 57.0 Å². The van der Waals surface area contributed by atoms with Gasteiger partial charge in [-0.15, -0.1) is 0 Å². The number of benzene rings is 1. The number of carbonyl (C=O) groups is 2. The van der Waals surface area contributed by atoms with Crippen LogP contribution in [0.2, 0.25) is 0 Å². The molecule has 4 rings (SSSR count). The van der Waals surface area contributed by atoms with Crippen LogP contribution < -0.4 is 4.90 Å². The Bertz CT molecular complexity index is 796. The second kappa shape index (κ2) is 9.65. The lowest BCUT2D eigenvalue weighted by atomic mass is 9.93. The van der Waals surface area contributed by atoms with Gasteiger partial charge in [-0.05, 0) is 69.7 Å². The van der Waals surface area contributed by atoms with E-state index < -0.39 is 0 Å². The fraction of sp³-hybridized carbons (Fsp3) is 0.667. The Hall–Kier alpha value is -2.35. The van der Waals surface area contributed by atoms with E-state index in [9.17, 15) is 14.0 Å². The first-order valence-electron chi connectivity index (χ1n) is 11.8. The van der Waals surface area contributed by atoms with Gasteiger partial charge in [0.05, 0.1) is 6.61 Å². The van der Waals surface area contributed by atoms with Crippen molar-refractivity contribution in [1.29, 1.82) is 0 Å². The van der Waals surface area contributed by atoms with Crippen molar-refractivity contribution in [1.82, 2.24) is 14.7 Å². The number of urea groups is 1. The molecule has 3 amide bonds. The number of fused-ring (bicyclic) bond motifs is 2. The molecule has 0 spiro atoms. The highest BCUT2D eigenvalue weighted by molar-refractivity contribution is 5.92. The number of rotatable bonds is 4. The van der Waals surface area contributed by atoms with Crippen LogP contribution in [0.15, 0.2) is 24.3 Å². The fourth-order valence-corrected chi connectivity index (χ4v) is 5.75. The molecule has 0 aliphatic carbocycles. The van der Waals surface area contributed by atoms with E-state index in [1.807, 2.05) is 16.7 Å². The van der Waals surface area contributed by atoms with Gasteiger partial charge in [0.2, 0.25) is 0 Å². The predicted octanol–water partition coefficient (Wildman–Crippen LogP) is 3.93. The molecule has 2 unspecified atom stereocenters. The molecule has 3 aliphatic heterocycles. The van der Waals surface area contributed by atoms with Gasteiger partial charge in [-0.3, -0.25) is 4.90 Å². The van der Waals surface area contributed by atoms with Gasteiger partial charge < -0.3 is 19.4 Å². The first-order valence-corrected chi connectivity index (χ1v) is 11.8. The average Bonchev–Trinajstić information content (AvgIpc) is 3.05. The first-order chi connectivity index (χ1) is 15.4. The molecule has 3 saturated heterocycles. The Morgan fingerprint density at radius 1 is 1.00 bits per heavy atom. The zero-order valence-corrected chi connectivity index (χ0v) is 19.4. The molecular weight excluding hydrogens is 411 g/mol. The summed E-state index contributed by atoms with van der Waals surface area (Å²) in [5.41, 5.74) is 0.740. The third kappa shape index (κ3) is 4.56. The number of carbonyl (C=O) groups excluding carboxylic acids is 2. The van der Waals surface area contributed by atoms with Crippen molar-refractivity contribution in [3.8, 4) is 0 Å². The molecule has 1 aromatic carbocycles. The summed E-state index contributed by atoms with van der Waals surface area (Å²) in [6, 6.07) is 7.24. The van der Waals surface area contributed by atoms with E-state index in [4.69, 9.17) is 4.74 Å². The van der Waals surface area contributed by atoms with Crippen LogP contribution in [0.5, 0.6) is 0 Å². The predicted molar refractivity (Wildman–Crippen MR) is 121 cm³/mol. The summed E-state index contributed by atoms with van der Waals surface area (Å²) >= 11 is 0. The number of amides is 3. The summed E-state index contributed by atoms with van der Waals surface area (Å²) in [6.07, 6.45) is 5.72. The van der Waals surface area contributed by atoms with Crippen molar-refractivity contribution in [2.75, 3.05) is 38.7 Å².